The van der Waals surface area contributed by atoms with Crippen LogP contribution in [-0.4, -0.2) is 15.4 Å². The second-order valence-electron chi connectivity index (χ2n) is 6.27. The molecule has 0 saturated heterocycles. The van der Waals surface area contributed by atoms with Crippen LogP contribution in [0.5, 0.6) is 0 Å². The van der Waals surface area contributed by atoms with Crippen molar-refractivity contribution in [2.45, 2.75) is 12.8 Å². The molecule has 0 amide bonds. The first kappa shape index (κ1) is 15.8. The minimum atomic E-state index is -0.332. The Kier molecular flexibility index (Phi) is 3.39. The van der Waals surface area contributed by atoms with Crippen molar-refractivity contribution in [3.63, 3.8) is 0 Å². The molecule has 132 valence electrons. The number of rotatable bonds is 2. The zero-order valence-electron chi connectivity index (χ0n) is 14.1. The molecule has 0 aliphatic carbocycles. The lowest BCUT2D eigenvalue weighted by molar-refractivity contribution is 0.429. The van der Waals surface area contributed by atoms with Gasteiger partial charge in [-0.3, -0.25) is 5.10 Å². The summed E-state index contributed by atoms with van der Waals surface area (Å²) in [6.07, 6.45) is 1.77. The van der Waals surface area contributed by atoms with Crippen molar-refractivity contribution >= 4 is 33.1 Å². The molecule has 0 radical (unpaired) electrons. The second-order valence-corrected chi connectivity index (χ2v) is 7.39. The molecule has 3 aromatic heterocycles. The standard InChI is InChI=1S/C19H12FN5OS/c1-9-16-17(14-6-13-15(27-14)8-22-24-13)12(7-21)18(23-19(16)26-25-9)10-2-4-11(20)5-3-10/h2-6,8,17,23H,1H3,(H,22,24). The van der Waals surface area contributed by atoms with Gasteiger partial charge in [-0.05, 0) is 42.8 Å². The number of halogens is 1. The van der Waals surface area contributed by atoms with Gasteiger partial charge in [-0.25, -0.2) is 4.39 Å². The number of hydrogen-bond acceptors (Lipinski definition) is 6. The quantitative estimate of drug-likeness (QED) is 0.535. The maximum Gasteiger partial charge on any atom is 0.233 e. The van der Waals surface area contributed by atoms with Crippen LogP contribution >= 0.6 is 11.3 Å². The van der Waals surface area contributed by atoms with Gasteiger partial charge in [0.1, 0.15) is 5.82 Å². The van der Waals surface area contributed by atoms with Gasteiger partial charge in [0.25, 0.3) is 0 Å². The number of nitrogens with zero attached hydrogens (tertiary/aromatic N) is 3. The number of fused-ring (bicyclic) bond motifs is 2. The molecular weight excluding hydrogens is 365 g/mol. The Morgan fingerprint density at radius 2 is 2.11 bits per heavy atom. The van der Waals surface area contributed by atoms with Gasteiger partial charge in [0.05, 0.1) is 50.9 Å². The number of anilines is 1. The minimum Gasteiger partial charge on any atom is -0.338 e. The molecule has 1 aliphatic rings. The molecule has 27 heavy (non-hydrogen) atoms. The first-order chi connectivity index (χ1) is 13.2. The maximum absolute atomic E-state index is 13.4. The van der Waals surface area contributed by atoms with E-state index in [0.29, 0.717) is 22.7 Å². The average molecular weight is 377 g/mol. The normalized spacial score (nSPS) is 16.3. The summed E-state index contributed by atoms with van der Waals surface area (Å²) in [7, 11) is 0. The molecule has 5 rings (SSSR count). The highest BCUT2D eigenvalue weighted by Gasteiger charge is 2.36. The topological polar surface area (TPSA) is 90.5 Å². The van der Waals surface area contributed by atoms with E-state index < -0.39 is 0 Å². The number of H-pyrrole nitrogens is 1. The number of aryl methyl sites for hydroxylation is 1. The van der Waals surface area contributed by atoms with Gasteiger partial charge in [0, 0.05) is 4.88 Å². The molecule has 0 fully saturated rings. The first-order valence-electron chi connectivity index (χ1n) is 8.22. The highest BCUT2D eigenvalue weighted by Crippen LogP contribution is 2.47. The van der Waals surface area contributed by atoms with Gasteiger partial charge < -0.3 is 9.84 Å². The lowest BCUT2D eigenvalue weighted by Gasteiger charge is -2.25. The number of hydrogen-bond donors (Lipinski definition) is 2. The number of nitrogens with one attached hydrogen (secondary N) is 2. The van der Waals surface area contributed by atoms with Crippen molar-refractivity contribution in [2.75, 3.05) is 5.32 Å². The van der Waals surface area contributed by atoms with Crippen LogP contribution in [0.2, 0.25) is 0 Å². The Balaban J connectivity index is 1.76. The van der Waals surface area contributed by atoms with E-state index in [-0.39, 0.29) is 11.7 Å². The van der Waals surface area contributed by atoms with Crippen LogP contribution in [0.4, 0.5) is 10.3 Å². The average Bonchev–Trinajstić information content (AvgIpc) is 3.36. The van der Waals surface area contributed by atoms with Crippen LogP contribution in [0.1, 0.15) is 27.6 Å². The summed E-state index contributed by atoms with van der Waals surface area (Å²) in [6.45, 7) is 1.86. The number of thiophene rings is 1. The third kappa shape index (κ3) is 2.36. The Morgan fingerprint density at radius 1 is 1.30 bits per heavy atom. The van der Waals surface area contributed by atoms with Crippen LogP contribution in [0.15, 0.2) is 46.6 Å². The van der Waals surface area contributed by atoms with E-state index >= 15 is 0 Å². The van der Waals surface area contributed by atoms with Gasteiger partial charge in [0.15, 0.2) is 0 Å². The largest absolute Gasteiger partial charge is 0.338 e. The fourth-order valence-electron chi connectivity index (χ4n) is 3.44. The van der Waals surface area contributed by atoms with E-state index in [4.69, 9.17) is 4.52 Å². The summed E-state index contributed by atoms with van der Waals surface area (Å²) in [6, 6.07) is 10.4. The van der Waals surface area contributed by atoms with Crippen LogP contribution in [0.25, 0.3) is 15.9 Å². The zero-order valence-corrected chi connectivity index (χ0v) is 14.9. The zero-order chi connectivity index (χ0) is 18.5. The monoisotopic (exact) mass is 377 g/mol. The Morgan fingerprint density at radius 3 is 2.85 bits per heavy atom. The number of allylic oxidation sites excluding steroid dienone is 1. The van der Waals surface area contributed by atoms with Crippen molar-refractivity contribution in [2.24, 2.45) is 0 Å². The number of aromatic amines is 1. The van der Waals surface area contributed by atoms with Crippen molar-refractivity contribution in [3.05, 3.63) is 69.6 Å². The lowest BCUT2D eigenvalue weighted by Crippen LogP contribution is -2.16. The number of nitriles is 1. The highest BCUT2D eigenvalue weighted by atomic mass is 32.1. The third-order valence-electron chi connectivity index (χ3n) is 4.68. The predicted molar refractivity (Wildman–Crippen MR) is 99.6 cm³/mol. The summed E-state index contributed by atoms with van der Waals surface area (Å²) >= 11 is 1.57. The van der Waals surface area contributed by atoms with Gasteiger partial charge in [0.2, 0.25) is 5.88 Å². The fourth-order valence-corrected chi connectivity index (χ4v) is 4.54. The summed E-state index contributed by atoms with van der Waals surface area (Å²) < 4.78 is 19.8. The van der Waals surface area contributed by atoms with E-state index in [1.807, 2.05) is 13.0 Å². The van der Waals surface area contributed by atoms with Crippen LogP contribution < -0.4 is 5.32 Å². The van der Waals surface area contributed by atoms with Gasteiger partial charge in [-0.1, -0.05) is 5.16 Å². The molecule has 0 saturated carbocycles. The van der Waals surface area contributed by atoms with E-state index in [2.05, 4.69) is 26.7 Å². The molecule has 1 atom stereocenters. The molecule has 8 heteroatoms. The van der Waals surface area contributed by atoms with E-state index in [1.165, 1.54) is 12.1 Å². The summed E-state index contributed by atoms with van der Waals surface area (Å²) in [5, 5.41) is 24.2. The van der Waals surface area contributed by atoms with Crippen LogP contribution in [0, 0.1) is 24.1 Å². The molecule has 1 unspecified atom stereocenters. The van der Waals surface area contributed by atoms with Crippen molar-refractivity contribution in [3.8, 4) is 6.07 Å². The van der Waals surface area contributed by atoms with Gasteiger partial charge >= 0.3 is 0 Å². The Bertz CT molecular complexity index is 1210. The van der Waals surface area contributed by atoms with Crippen molar-refractivity contribution in [1.82, 2.24) is 15.4 Å². The Hall–Kier alpha value is -3.44. The lowest BCUT2D eigenvalue weighted by atomic mass is 9.85. The predicted octanol–water partition coefficient (Wildman–Crippen LogP) is 4.55. The van der Waals surface area contributed by atoms with Crippen LogP contribution in [0.3, 0.4) is 0 Å². The van der Waals surface area contributed by atoms with Gasteiger partial charge in [-0.15, -0.1) is 11.3 Å². The third-order valence-corrected chi connectivity index (χ3v) is 5.81. The number of benzene rings is 1. The molecule has 2 N–H and O–H groups in total. The molecule has 0 spiro atoms. The smallest absolute Gasteiger partial charge is 0.233 e. The molecule has 4 aromatic rings. The summed E-state index contributed by atoms with van der Waals surface area (Å²) in [4.78, 5) is 0.990. The van der Waals surface area contributed by atoms with E-state index in [0.717, 1.165) is 26.4 Å². The summed E-state index contributed by atoms with van der Waals surface area (Å²) in [5.41, 5.74) is 4.34. The molecule has 1 aliphatic heterocycles. The summed E-state index contributed by atoms with van der Waals surface area (Å²) in [5.74, 6) is -0.143. The first-order valence-corrected chi connectivity index (χ1v) is 9.03. The van der Waals surface area contributed by atoms with Crippen molar-refractivity contribution in [1.29, 1.82) is 5.26 Å². The SMILES string of the molecule is Cc1noc2c1C(c1cc3[nH]ncc3s1)C(C#N)=C(c1ccc(F)cc1)N2. The molecule has 4 heterocycles. The molecule has 1 aromatic carbocycles. The minimum absolute atomic E-state index is 0.316. The molecular formula is C19H12FN5OS. The maximum atomic E-state index is 13.4. The highest BCUT2D eigenvalue weighted by molar-refractivity contribution is 7.19. The van der Waals surface area contributed by atoms with E-state index in [1.54, 1.807) is 29.7 Å². The van der Waals surface area contributed by atoms with Gasteiger partial charge in [-0.2, -0.15) is 10.4 Å². The van der Waals surface area contributed by atoms with Crippen molar-refractivity contribution < 1.29 is 8.91 Å². The van der Waals surface area contributed by atoms with Crippen LogP contribution in [-0.2, 0) is 0 Å². The Labute approximate surface area is 156 Å². The molecule has 0 bridgehead atoms. The van der Waals surface area contributed by atoms with E-state index in [9.17, 15) is 9.65 Å². The number of aromatic nitrogens is 3. The molecule has 6 nitrogen and oxygen atoms in total. The fraction of sp³-hybridized carbons (Fsp3) is 0.105. The second kappa shape index (κ2) is 5.79.